The molecule has 0 rings (SSSR count). The second-order valence-corrected chi connectivity index (χ2v) is 1.28. The first kappa shape index (κ1) is 11.5. The molecule has 3 heteroatoms. The smallest absolute Gasteiger partial charge is 1.00 e. The molecule has 0 aromatic rings. The number of carboxylic acids is 1. The molecule has 0 aliphatic carbocycles. The van der Waals surface area contributed by atoms with Crippen molar-refractivity contribution in [1.29, 1.82) is 0 Å². The predicted octanol–water partition coefficient (Wildman–Crippen LogP) is 0.881. The van der Waals surface area contributed by atoms with Gasteiger partial charge >= 0.3 is 51.5 Å². The van der Waals surface area contributed by atoms with E-state index in [1.54, 1.807) is 19.9 Å². The first-order valence-electron chi connectivity index (χ1n) is 2.04. The molecule has 0 amide bonds. The van der Waals surface area contributed by atoms with E-state index in [2.05, 4.69) is 0 Å². The number of hydrogen-bond acceptors (Lipinski definition) is 1. The fourth-order valence-electron chi connectivity index (χ4n) is 0.123. The summed E-state index contributed by atoms with van der Waals surface area (Å²) in [5, 5.41) is 8.11. The van der Waals surface area contributed by atoms with Crippen LogP contribution in [0.25, 0.3) is 0 Å². The van der Waals surface area contributed by atoms with Crippen molar-refractivity contribution in [1.82, 2.24) is 0 Å². The molecule has 0 fully saturated rings. The van der Waals surface area contributed by atoms with Gasteiger partial charge in [-0.15, -0.1) is 0 Å². The molecule has 0 aliphatic heterocycles. The molecule has 0 saturated carbocycles. The maximum atomic E-state index is 9.86. The summed E-state index contributed by atoms with van der Waals surface area (Å²) in [5.74, 6) is -0.845. The maximum absolute atomic E-state index is 9.86. The van der Waals surface area contributed by atoms with Gasteiger partial charge in [-0.3, -0.25) is 0 Å². The molecule has 0 aliphatic rings. The van der Waals surface area contributed by atoms with E-state index in [0.29, 0.717) is 5.57 Å². The summed E-state index contributed by atoms with van der Waals surface area (Å²) in [4.78, 5) is 9.86. The largest absolute Gasteiger partial charge is 2.00 e. The van der Waals surface area contributed by atoms with Crippen LogP contribution in [-0.2, 0) is 4.79 Å². The van der Waals surface area contributed by atoms with Crippen LogP contribution in [0.2, 0.25) is 0 Å². The zero-order valence-corrected chi connectivity index (χ0v) is 8.62. The monoisotopic (exact) mass is 190 g/mol. The van der Waals surface area contributed by atoms with Crippen molar-refractivity contribution in [3.05, 3.63) is 11.6 Å². The minimum absolute atomic E-state index is 0. The van der Waals surface area contributed by atoms with E-state index in [1.807, 2.05) is 0 Å². The summed E-state index contributed by atoms with van der Waals surface area (Å²) < 4.78 is 0. The molecular formula is C5H10O2Sr. The Balaban J connectivity index is -0.0000000600. The molecule has 0 heterocycles. The summed E-state index contributed by atoms with van der Waals surface area (Å²) in [6, 6.07) is 0. The Hall–Kier alpha value is 0.691. The Kier molecular flexibility index (Phi) is 8.35. The Labute approximate surface area is 88.8 Å². The number of hydrogen-bond donors (Lipinski definition) is 1. The van der Waals surface area contributed by atoms with E-state index in [-0.39, 0.29) is 48.3 Å². The average Bonchev–Trinajstić information content (AvgIpc) is 1.65. The Bertz CT molecular complexity index is 114. The van der Waals surface area contributed by atoms with E-state index in [1.165, 1.54) is 0 Å². The third-order valence-corrected chi connectivity index (χ3v) is 0.770. The first-order valence-corrected chi connectivity index (χ1v) is 2.04. The van der Waals surface area contributed by atoms with Gasteiger partial charge in [0.2, 0.25) is 0 Å². The van der Waals surface area contributed by atoms with Crippen molar-refractivity contribution in [2.24, 2.45) is 0 Å². The zero-order valence-electron chi connectivity index (χ0n) is 7.14. The van der Waals surface area contributed by atoms with Crippen molar-refractivity contribution in [2.75, 3.05) is 0 Å². The molecule has 0 saturated heterocycles. The molecule has 44 valence electrons. The van der Waals surface area contributed by atoms with E-state index in [9.17, 15) is 4.79 Å². The summed E-state index contributed by atoms with van der Waals surface area (Å²) >= 11 is 0. The topological polar surface area (TPSA) is 37.3 Å². The van der Waals surface area contributed by atoms with Crippen LogP contribution in [0.1, 0.15) is 16.7 Å². The summed E-state index contributed by atoms with van der Waals surface area (Å²) in [6.07, 6.45) is 1.56. The number of carboxylic acid groups (broad SMARTS) is 1. The third kappa shape index (κ3) is 4.84. The van der Waals surface area contributed by atoms with Crippen LogP contribution in [0.15, 0.2) is 11.6 Å². The molecule has 1 N–H and O–H groups in total. The van der Waals surface area contributed by atoms with Crippen LogP contribution >= 0.6 is 0 Å². The van der Waals surface area contributed by atoms with Crippen LogP contribution in [0.5, 0.6) is 0 Å². The minimum atomic E-state index is -0.845. The van der Waals surface area contributed by atoms with Gasteiger partial charge in [0.15, 0.2) is 0 Å². The molecule has 2 nitrogen and oxygen atoms in total. The van der Waals surface area contributed by atoms with Gasteiger partial charge in [-0.1, -0.05) is 6.08 Å². The van der Waals surface area contributed by atoms with Gasteiger partial charge < -0.3 is 7.96 Å². The number of carbonyl (C=O) groups is 1. The van der Waals surface area contributed by atoms with E-state index in [0.717, 1.165) is 0 Å². The van der Waals surface area contributed by atoms with Crippen LogP contribution in [-0.4, -0.2) is 56.6 Å². The molecule has 0 bridgehead atoms. The Morgan fingerprint density at radius 1 is 1.75 bits per heavy atom. The Morgan fingerprint density at radius 2 is 2.12 bits per heavy atom. The predicted molar refractivity (Wildman–Crippen MR) is 35.0 cm³/mol. The van der Waals surface area contributed by atoms with Crippen molar-refractivity contribution < 1.29 is 12.8 Å². The summed E-state index contributed by atoms with van der Waals surface area (Å²) in [6.45, 7) is 3.26. The van der Waals surface area contributed by atoms with Crippen molar-refractivity contribution in [2.45, 2.75) is 13.8 Å². The molecule has 8 heavy (non-hydrogen) atoms. The van der Waals surface area contributed by atoms with Gasteiger partial charge in [0.25, 0.3) is 0 Å². The molecule has 0 atom stereocenters. The normalized spacial score (nSPS) is 10.0. The molecular weight excluding hydrogens is 180 g/mol. The van der Waals surface area contributed by atoms with Gasteiger partial charge in [-0.25, -0.2) is 4.79 Å². The van der Waals surface area contributed by atoms with Crippen LogP contribution < -0.4 is 0 Å². The van der Waals surface area contributed by atoms with E-state index >= 15 is 0 Å². The molecule has 0 spiro atoms. The van der Waals surface area contributed by atoms with E-state index in [4.69, 9.17) is 5.11 Å². The number of rotatable bonds is 1. The van der Waals surface area contributed by atoms with Gasteiger partial charge in [0.1, 0.15) is 0 Å². The minimum Gasteiger partial charge on any atom is -1.00 e. The number of allylic oxidation sites excluding steroid dienone is 1. The van der Waals surface area contributed by atoms with E-state index < -0.39 is 5.97 Å². The second kappa shape index (κ2) is 5.82. The quantitative estimate of drug-likeness (QED) is 0.492. The van der Waals surface area contributed by atoms with Gasteiger partial charge in [-0.05, 0) is 13.8 Å². The van der Waals surface area contributed by atoms with Crippen LogP contribution in [0, 0.1) is 0 Å². The van der Waals surface area contributed by atoms with Gasteiger partial charge in [0, 0.05) is 5.57 Å². The first-order chi connectivity index (χ1) is 3.18. The second-order valence-electron chi connectivity index (χ2n) is 1.28. The van der Waals surface area contributed by atoms with Crippen molar-refractivity contribution in [3.8, 4) is 0 Å². The van der Waals surface area contributed by atoms with Gasteiger partial charge in [-0.2, -0.15) is 0 Å². The third-order valence-electron chi connectivity index (χ3n) is 0.770. The summed E-state index contributed by atoms with van der Waals surface area (Å²) in [7, 11) is 0. The molecule has 0 unspecified atom stereocenters. The Morgan fingerprint density at radius 3 is 2.12 bits per heavy atom. The van der Waals surface area contributed by atoms with Crippen molar-refractivity contribution in [3.63, 3.8) is 0 Å². The zero-order chi connectivity index (χ0) is 5.86. The van der Waals surface area contributed by atoms with Crippen LogP contribution in [0.3, 0.4) is 0 Å². The van der Waals surface area contributed by atoms with Crippen molar-refractivity contribution >= 4 is 51.5 Å². The van der Waals surface area contributed by atoms with Gasteiger partial charge in [0.05, 0.1) is 0 Å². The standard InChI is InChI=1S/C5H8O2.Sr.2H/c1-3-4(2)5(6)7;;;/h3H,1-2H3,(H,6,7);;;/q;+2;2*-1. The molecule has 0 aromatic heterocycles. The SMILES string of the molecule is CC=C(C)C(=O)O.[H-].[H-].[Sr+2]. The number of aliphatic carboxylic acids is 1. The average molecular weight is 190 g/mol. The summed E-state index contributed by atoms with van der Waals surface area (Å²) in [5.41, 5.74) is 0.389. The fraction of sp³-hybridized carbons (Fsp3) is 0.400. The molecule has 0 aromatic carbocycles. The van der Waals surface area contributed by atoms with Crippen LogP contribution in [0.4, 0.5) is 0 Å². The maximum Gasteiger partial charge on any atom is 2.00 e. The fourth-order valence-corrected chi connectivity index (χ4v) is 0.123. The molecule has 0 radical (unpaired) electrons.